The number of esters is 1. The molecule has 7 nitrogen and oxygen atoms in total. The number of aromatic nitrogens is 2. The fourth-order valence-corrected chi connectivity index (χ4v) is 1.91. The summed E-state index contributed by atoms with van der Waals surface area (Å²) in [5.41, 5.74) is 1.27. The van der Waals surface area contributed by atoms with Gasteiger partial charge in [0, 0.05) is 17.2 Å². The highest BCUT2D eigenvalue weighted by Crippen LogP contribution is 2.27. The van der Waals surface area contributed by atoms with Crippen molar-refractivity contribution in [1.82, 2.24) is 9.97 Å². The molecular weight excluding hydrogens is 300 g/mol. The van der Waals surface area contributed by atoms with Crippen molar-refractivity contribution in [2.75, 3.05) is 13.7 Å². The molecule has 0 saturated heterocycles. The summed E-state index contributed by atoms with van der Waals surface area (Å²) in [4.78, 5) is 19.6. The van der Waals surface area contributed by atoms with Crippen molar-refractivity contribution < 1.29 is 23.1 Å². The van der Waals surface area contributed by atoms with Gasteiger partial charge in [0.1, 0.15) is 12.5 Å². The Morgan fingerprint density at radius 1 is 1.30 bits per heavy atom. The van der Waals surface area contributed by atoms with Crippen molar-refractivity contribution >= 4 is 5.97 Å². The topological polar surface area (TPSA) is 87.6 Å². The summed E-state index contributed by atoms with van der Waals surface area (Å²) >= 11 is 0. The van der Waals surface area contributed by atoms with Crippen LogP contribution in [0.3, 0.4) is 0 Å². The zero-order chi connectivity index (χ0) is 16.2. The Bertz CT molecular complexity index is 821. The van der Waals surface area contributed by atoms with E-state index in [0.717, 1.165) is 0 Å². The Hall–Kier alpha value is -3.09. The molecule has 0 atom stereocenters. The van der Waals surface area contributed by atoms with Crippen LogP contribution < -0.4 is 4.74 Å². The molecule has 0 bridgehead atoms. The normalized spacial score (nSPS) is 10.5. The van der Waals surface area contributed by atoms with E-state index in [1.807, 2.05) is 6.92 Å². The molecule has 2 aromatic heterocycles. The van der Waals surface area contributed by atoms with Gasteiger partial charge in [0.05, 0.1) is 13.7 Å². The minimum atomic E-state index is -0.565. The van der Waals surface area contributed by atoms with Gasteiger partial charge in [-0.3, -0.25) is 0 Å². The summed E-state index contributed by atoms with van der Waals surface area (Å²) in [6.07, 6.45) is 2.74. The van der Waals surface area contributed by atoms with Gasteiger partial charge in [-0.25, -0.2) is 14.8 Å². The first-order valence-electron chi connectivity index (χ1n) is 6.86. The second-order valence-corrected chi connectivity index (χ2v) is 4.43. The zero-order valence-electron chi connectivity index (χ0n) is 12.5. The van der Waals surface area contributed by atoms with Crippen molar-refractivity contribution in [3.8, 4) is 28.9 Å². The van der Waals surface area contributed by atoms with Crippen LogP contribution in [-0.2, 0) is 4.74 Å². The van der Waals surface area contributed by atoms with Gasteiger partial charge in [0.25, 0.3) is 0 Å². The molecule has 7 heteroatoms. The molecular formula is C16H13N2O5. The summed E-state index contributed by atoms with van der Waals surface area (Å²) in [5.74, 6) is 0.398. The predicted molar refractivity (Wildman–Crippen MR) is 78.8 cm³/mol. The molecule has 0 aliphatic rings. The molecule has 0 fully saturated rings. The molecule has 0 N–H and O–H groups in total. The van der Waals surface area contributed by atoms with Gasteiger partial charge in [-0.1, -0.05) is 6.07 Å². The van der Waals surface area contributed by atoms with E-state index >= 15 is 0 Å². The molecule has 117 valence electrons. The average molecular weight is 313 g/mol. The maximum atomic E-state index is 11.4. The van der Waals surface area contributed by atoms with Crippen LogP contribution in [0.25, 0.3) is 22.9 Å². The lowest BCUT2D eigenvalue weighted by Crippen LogP contribution is -2.00. The van der Waals surface area contributed by atoms with Crippen LogP contribution in [0.5, 0.6) is 5.95 Å². The maximum Gasteiger partial charge on any atom is 0.360 e. The summed E-state index contributed by atoms with van der Waals surface area (Å²) in [6, 6.07) is 8.41. The van der Waals surface area contributed by atoms with Gasteiger partial charge >= 0.3 is 11.9 Å². The SMILES string of the molecule is CCOc1cnc(-c2[c]c(-c3nc(C(=O)OC)co3)ccc2)o1. The highest BCUT2D eigenvalue weighted by molar-refractivity contribution is 5.87. The molecule has 3 aromatic rings. The van der Waals surface area contributed by atoms with E-state index in [1.54, 1.807) is 18.2 Å². The van der Waals surface area contributed by atoms with Crippen LogP contribution in [0.2, 0.25) is 0 Å². The molecule has 0 unspecified atom stereocenters. The van der Waals surface area contributed by atoms with Crippen LogP contribution in [0.4, 0.5) is 0 Å². The number of hydrogen-bond acceptors (Lipinski definition) is 7. The highest BCUT2D eigenvalue weighted by Gasteiger charge is 2.15. The Kier molecular flexibility index (Phi) is 4.09. The fourth-order valence-electron chi connectivity index (χ4n) is 1.91. The van der Waals surface area contributed by atoms with Gasteiger partial charge in [-0.2, -0.15) is 0 Å². The number of carbonyl (C=O) groups excluding carboxylic acids is 1. The summed E-state index contributed by atoms with van der Waals surface area (Å²) < 4.78 is 20.6. The van der Waals surface area contributed by atoms with Crippen LogP contribution in [0, 0.1) is 6.07 Å². The van der Waals surface area contributed by atoms with Gasteiger partial charge < -0.3 is 18.3 Å². The number of oxazole rings is 2. The van der Waals surface area contributed by atoms with Gasteiger partial charge in [0.2, 0.25) is 11.8 Å². The van der Waals surface area contributed by atoms with E-state index < -0.39 is 5.97 Å². The van der Waals surface area contributed by atoms with E-state index in [9.17, 15) is 4.79 Å². The van der Waals surface area contributed by atoms with Gasteiger partial charge in [0.15, 0.2) is 5.69 Å². The third kappa shape index (κ3) is 3.08. The van der Waals surface area contributed by atoms with Crippen LogP contribution >= 0.6 is 0 Å². The Morgan fingerprint density at radius 2 is 2.09 bits per heavy atom. The third-order valence-corrected chi connectivity index (χ3v) is 2.93. The smallest absolute Gasteiger partial charge is 0.360 e. The summed E-state index contributed by atoms with van der Waals surface area (Å²) in [5, 5.41) is 0. The average Bonchev–Trinajstić information content (AvgIpc) is 3.24. The number of carbonyl (C=O) groups is 1. The van der Waals surface area contributed by atoms with Crippen molar-refractivity contribution in [2.45, 2.75) is 6.92 Å². The standard InChI is InChI=1S/C16H13N2O5/c1-3-21-13-8-17-14(23-13)10-5-4-6-11(7-10)15-18-12(9-22-15)16(19)20-2/h4-6,8-9H,3H2,1-2H3. The number of methoxy groups -OCH3 is 1. The number of nitrogens with zero attached hydrogens (tertiary/aromatic N) is 2. The molecule has 1 aromatic carbocycles. The second-order valence-electron chi connectivity index (χ2n) is 4.43. The maximum absolute atomic E-state index is 11.4. The van der Waals surface area contributed by atoms with Gasteiger partial charge in [-0.15, -0.1) is 0 Å². The number of ether oxygens (including phenoxy) is 2. The molecule has 1 radical (unpaired) electrons. The molecule has 2 heterocycles. The van der Waals surface area contributed by atoms with Crippen LogP contribution in [-0.4, -0.2) is 29.7 Å². The monoisotopic (exact) mass is 313 g/mol. The van der Waals surface area contributed by atoms with Crippen molar-refractivity contribution in [3.63, 3.8) is 0 Å². The van der Waals surface area contributed by atoms with Crippen molar-refractivity contribution in [3.05, 3.63) is 42.4 Å². The fraction of sp³-hybridized carbons (Fsp3) is 0.188. The first kappa shape index (κ1) is 14.8. The number of benzene rings is 1. The first-order valence-corrected chi connectivity index (χ1v) is 6.86. The largest absolute Gasteiger partial charge is 0.464 e. The number of rotatable bonds is 5. The molecule has 0 aliphatic heterocycles. The number of hydrogen-bond donors (Lipinski definition) is 0. The summed E-state index contributed by atoms with van der Waals surface area (Å²) in [6.45, 7) is 2.35. The lowest BCUT2D eigenvalue weighted by Gasteiger charge is -1.99. The Labute approximate surface area is 131 Å². The van der Waals surface area contributed by atoms with Gasteiger partial charge in [-0.05, 0) is 19.1 Å². The summed E-state index contributed by atoms with van der Waals surface area (Å²) in [7, 11) is 1.28. The Morgan fingerprint density at radius 3 is 2.83 bits per heavy atom. The minimum Gasteiger partial charge on any atom is -0.464 e. The minimum absolute atomic E-state index is 0.0936. The van der Waals surface area contributed by atoms with Crippen molar-refractivity contribution in [2.24, 2.45) is 0 Å². The van der Waals surface area contributed by atoms with E-state index in [1.165, 1.54) is 19.6 Å². The van der Waals surface area contributed by atoms with Crippen molar-refractivity contribution in [1.29, 1.82) is 0 Å². The lowest BCUT2D eigenvalue weighted by atomic mass is 10.1. The molecule has 0 spiro atoms. The molecule has 0 amide bonds. The Balaban J connectivity index is 1.90. The predicted octanol–water partition coefficient (Wildman–Crippen LogP) is 2.98. The third-order valence-electron chi connectivity index (χ3n) is 2.93. The molecule has 23 heavy (non-hydrogen) atoms. The van der Waals surface area contributed by atoms with E-state index in [-0.39, 0.29) is 11.6 Å². The molecule has 0 saturated carbocycles. The van der Waals surface area contributed by atoms with E-state index in [2.05, 4.69) is 20.8 Å². The lowest BCUT2D eigenvalue weighted by molar-refractivity contribution is 0.0594. The van der Waals surface area contributed by atoms with E-state index in [4.69, 9.17) is 13.6 Å². The second kappa shape index (κ2) is 6.35. The first-order chi connectivity index (χ1) is 11.2. The molecule has 0 aliphatic carbocycles. The quantitative estimate of drug-likeness (QED) is 0.669. The van der Waals surface area contributed by atoms with Crippen LogP contribution in [0.1, 0.15) is 17.4 Å². The molecule has 3 rings (SSSR count). The zero-order valence-corrected chi connectivity index (χ0v) is 12.5. The highest BCUT2D eigenvalue weighted by atomic mass is 16.6. The van der Waals surface area contributed by atoms with E-state index in [0.29, 0.717) is 29.6 Å². The van der Waals surface area contributed by atoms with Crippen LogP contribution in [0.15, 0.2) is 39.5 Å².